The summed E-state index contributed by atoms with van der Waals surface area (Å²) in [6.45, 7) is 5.55. The molecule has 0 aliphatic carbocycles. The maximum absolute atomic E-state index is 12.3. The summed E-state index contributed by atoms with van der Waals surface area (Å²) in [7, 11) is 0. The molecule has 2 N–H and O–H groups in total. The minimum atomic E-state index is -0.971. The summed E-state index contributed by atoms with van der Waals surface area (Å²) in [6.07, 6.45) is 1.94. The van der Waals surface area contributed by atoms with Crippen LogP contribution in [0.1, 0.15) is 44.4 Å². The fraction of sp³-hybridized carbons (Fsp3) is 0.500. The number of benzene rings is 1. The predicted molar refractivity (Wildman–Crippen MR) is 91.1 cm³/mol. The third-order valence-corrected chi connectivity index (χ3v) is 4.56. The van der Waals surface area contributed by atoms with Crippen LogP contribution in [0.4, 0.5) is 4.79 Å². The van der Waals surface area contributed by atoms with Crippen LogP contribution in [-0.2, 0) is 16.0 Å². The number of ether oxygens (including phenoxy) is 1. The highest BCUT2D eigenvalue weighted by Gasteiger charge is 2.44. The Labute approximate surface area is 146 Å². The van der Waals surface area contributed by atoms with Crippen LogP contribution in [0.15, 0.2) is 18.2 Å². The lowest BCUT2D eigenvalue weighted by Gasteiger charge is -2.21. The number of hydrogen-bond acceptors (Lipinski definition) is 4. The quantitative estimate of drug-likeness (QED) is 0.810. The van der Waals surface area contributed by atoms with Crippen molar-refractivity contribution >= 4 is 17.8 Å². The Kier molecular flexibility index (Phi) is 4.41. The lowest BCUT2D eigenvalue weighted by atomic mass is 10.00. The van der Waals surface area contributed by atoms with Gasteiger partial charge in [-0.25, -0.2) is 4.79 Å². The van der Waals surface area contributed by atoms with Gasteiger partial charge < -0.3 is 15.4 Å². The van der Waals surface area contributed by atoms with E-state index in [1.54, 1.807) is 13.8 Å². The van der Waals surface area contributed by atoms with Crippen LogP contribution in [0.2, 0.25) is 0 Å². The molecular formula is C18H23N3O4. The number of fused-ring (bicyclic) bond motifs is 1. The van der Waals surface area contributed by atoms with Crippen molar-refractivity contribution in [1.82, 2.24) is 15.5 Å². The van der Waals surface area contributed by atoms with Crippen LogP contribution in [0.25, 0.3) is 0 Å². The van der Waals surface area contributed by atoms with Gasteiger partial charge in [0.1, 0.15) is 17.8 Å². The van der Waals surface area contributed by atoms with E-state index < -0.39 is 17.5 Å². The smallest absolute Gasteiger partial charge is 0.325 e. The second-order valence-electron chi connectivity index (χ2n) is 7.05. The van der Waals surface area contributed by atoms with Crippen LogP contribution in [0.3, 0.4) is 0 Å². The first-order chi connectivity index (χ1) is 11.8. The molecule has 0 spiro atoms. The number of aryl methyl sites for hydroxylation is 1. The number of urea groups is 1. The standard InChI is InChI=1S/C18H23N3O4/c1-11(12-6-7-14-13(9-12)5-4-8-25-14)19-15(22)10-21-16(23)18(2,3)20-17(21)24/h6-7,9,11H,4-5,8,10H2,1-3H3,(H,19,22)(H,20,24)/t11-/m0/s1. The summed E-state index contributed by atoms with van der Waals surface area (Å²) in [4.78, 5) is 37.2. The topological polar surface area (TPSA) is 87.7 Å². The first-order valence-electron chi connectivity index (χ1n) is 8.47. The lowest BCUT2D eigenvalue weighted by molar-refractivity contribution is -0.134. The van der Waals surface area contributed by atoms with E-state index in [-0.39, 0.29) is 18.5 Å². The van der Waals surface area contributed by atoms with Gasteiger partial charge in [-0.05, 0) is 50.8 Å². The number of imide groups is 1. The van der Waals surface area contributed by atoms with Crippen molar-refractivity contribution in [3.8, 4) is 5.75 Å². The molecule has 0 radical (unpaired) electrons. The van der Waals surface area contributed by atoms with Gasteiger partial charge in [0.2, 0.25) is 5.91 Å². The maximum Gasteiger partial charge on any atom is 0.325 e. The zero-order valence-electron chi connectivity index (χ0n) is 14.7. The number of nitrogens with one attached hydrogen (secondary N) is 2. The van der Waals surface area contributed by atoms with Gasteiger partial charge in [-0.15, -0.1) is 0 Å². The van der Waals surface area contributed by atoms with Gasteiger partial charge in [-0.3, -0.25) is 14.5 Å². The van der Waals surface area contributed by atoms with E-state index in [4.69, 9.17) is 4.74 Å². The molecule has 3 rings (SSSR count). The summed E-state index contributed by atoms with van der Waals surface area (Å²) in [5, 5.41) is 5.41. The monoisotopic (exact) mass is 345 g/mol. The Bertz CT molecular complexity index is 729. The molecular weight excluding hydrogens is 322 g/mol. The van der Waals surface area contributed by atoms with E-state index in [1.807, 2.05) is 25.1 Å². The molecule has 2 aliphatic heterocycles. The Morgan fingerprint density at radius 1 is 1.40 bits per heavy atom. The van der Waals surface area contributed by atoms with Gasteiger partial charge in [-0.1, -0.05) is 12.1 Å². The van der Waals surface area contributed by atoms with Gasteiger partial charge in [-0.2, -0.15) is 0 Å². The zero-order chi connectivity index (χ0) is 18.2. The van der Waals surface area contributed by atoms with Gasteiger partial charge in [0.05, 0.1) is 12.6 Å². The molecule has 134 valence electrons. The van der Waals surface area contributed by atoms with Crippen LogP contribution >= 0.6 is 0 Å². The van der Waals surface area contributed by atoms with Crippen molar-refractivity contribution in [2.24, 2.45) is 0 Å². The predicted octanol–water partition coefficient (Wildman–Crippen LogP) is 1.52. The molecule has 1 atom stereocenters. The fourth-order valence-electron chi connectivity index (χ4n) is 3.13. The number of carbonyl (C=O) groups excluding carboxylic acids is 3. The largest absolute Gasteiger partial charge is 0.493 e. The summed E-state index contributed by atoms with van der Waals surface area (Å²) < 4.78 is 5.60. The Morgan fingerprint density at radius 2 is 2.16 bits per heavy atom. The van der Waals surface area contributed by atoms with Crippen LogP contribution in [0.5, 0.6) is 5.75 Å². The van der Waals surface area contributed by atoms with E-state index in [0.29, 0.717) is 0 Å². The Hall–Kier alpha value is -2.57. The average molecular weight is 345 g/mol. The average Bonchev–Trinajstić information content (AvgIpc) is 2.76. The molecule has 1 saturated heterocycles. The molecule has 25 heavy (non-hydrogen) atoms. The normalized spacial score (nSPS) is 19.7. The number of amides is 4. The second kappa shape index (κ2) is 6.38. The first kappa shape index (κ1) is 17.3. The third-order valence-electron chi connectivity index (χ3n) is 4.56. The number of nitrogens with zero attached hydrogens (tertiary/aromatic N) is 1. The molecule has 1 fully saturated rings. The van der Waals surface area contributed by atoms with Crippen LogP contribution < -0.4 is 15.4 Å². The molecule has 4 amide bonds. The first-order valence-corrected chi connectivity index (χ1v) is 8.47. The van der Waals surface area contributed by atoms with Gasteiger partial charge in [0.15, 0.2) is 0 Å². The van der Waals surface area contributed by atoms with Crippen LogP contribution in [-0.4, -0.2) is 41.4 Å². The van der Waals surface area contributed by atoms with E-state index >= 15 is 0 Å². The fourth-order valence-corrected chi connectivity index (χ4v) is 3.13. The maximum atomic E-state index is 12.3. The highest BCUT2D eigenvalue weighted by molar-refractivity contribution is 6.08. The summed E-state index contributed by atoms with van der Waals surface area (Å²) >= 11 is 0. The van der Waals surface area contributed by atoms with E-state index in [9.17, 15) is 14.4 Å². The SMILES string of the molecule is C[C@H](NC(=O)CN1C(=O)NC(C)(C)C1=O)c1ccc2c(c1)CCCO2. The molecule has 0 saturated carbocycles. The van der Waals surface area contributed by atoms with Crippen molar-refractivity contribution in [2.45, 2.75) is 45.2 Å². The highest BCUT2D eigenvalue weighted by Crippen LogP contribution is 2.27. The molecule has 0 bridgehead atoms. The summed E-state index contributed by atoms with van der Waals surface area (Å²) in [5.74, 6) is 0.129. The zero-order valence-corrected chi connectivity index (χ0v) is 14.7. The van der Waals surface area contributed by atoms with Crippen molar-refractivity contribution in [1.29, 1.82) is 0 Å². The third kappa shape index (κ3) is 3.45. The molecule has 0 unspecified atom stereocenters. The highest BCUT2D eigenvalue weighted by atomic mass is 16.5. The molecule has 1 aromatic rings. The van der Waals surface area contributed by atoms with E-state index in [1.165, 1.54) is 0 Å². The lowest BCUT2D eigenvalue weighted by Crippen LogP contribution is -2.43. The molecule has 1 aromatic carbocycles. The van der Waals surface area contributed by atoms with Crippen molar-refractivity contribution in [3.63, 3.8) is 0 Å². The van der Waals surface area contributed by atoms with E-state index in [2.05, 4.69) is 10.6 Å². The van der Waals surface area contributed by atoms with Gasteiger partial charge in [0.25, 0.3) is 5.91 Å². The minimum absolute atomic E-state index is 0.228. The molecule has 0 aromatic heterocycles. The molecule has 7 heteroatoms. The Balaban J connectivity index is 1.63. The van der Waals surface area contributed by atoms with Gasteiger partial charge in [0, 0.05) is 0 Å². The molecule has 2 aliphatic rings. The van der Waals surface area contributed by atoms with E-state index in [0.717, 1.165) is 41.2 Å². The van der Waals surface area contributed by atoms with Gasteiger partial charge >= 0.3 is 6.03 Å². The summed E-state index contributed by atoms with van der Waals surface area (Å²) in [5.41, 5.74) is 1.14. The minimum Gasteiger partial charge on any atom is -0.493 e. The Morgan fingerprint density at radius 3 is 2.84 bits per heavy atom. The number of carbonyl (C=O) groups is 3. The molecule has 7 nitrogen and oxygen atoms in total. The van der Waals surface area contributed by atoms with Crippen LogP contribution in [0, 0.1) is 0 Å². The van der Waals surface area contributed by atoms with Crippen molar-refractivity contribution < 1.29 is 19.1 Å². The molecule has 2 heterocycles. The number of hydrogen-bond donors (Lipinski definition) is 2. The summed E-state index contributed by atoms with van der Waals surface area (Å²) in [6, 6.07) is 5.12. The number of rotatable bonds is 4. The second-order valence-corrected chi connectivity index (χ2v) is 7.05. The van der Waals surface area contributed by atoms with Crippen molar-refractivity contribution in [2.75, 3.05) is 13.2 Å². The van der Waals surface area contributed by atoms with Crippen molar-refractivity contribution in [3.05, 3.63) is 29.3 Å².